The van der Waals surface area contributed by atoms with Gasteiger partial charge in [0.05, 0.1) is 12.7 Å². The van der Waals surface area contributed by atoms with Gasteiger partial charge < -0.3 is 15.5 Å². The highest BCUT2D eigenvalue weighted by Crippen LogP contribution is 2.14. The highest BCUT2D eigenvalue weighted by Gasteiger charge is 2.15. The van der Waals surface area contributed by atoms with Gasteiger partial charge in [-0.15, -0.1) is 0 Å². The molecule has 6 nitrogen and oxygen atoms in total. The van der Waals surface area contributed by atoms with Crippen LogP contribution in [0.2, 0.25) is 0 Å². The molecule has 1 aliphatic heterocycles. The van der Waals surface area contributed by atoms with Crippen LogP contribution in [0.25, 0.3) is 0 Å². The molecule has 1 saturated heterocycles. The first-order valence-corrected chi connectivity index (χ1v) is 9.48. The summed E-state index contributed by atoms with van der Waals surface area (Å²) in [5, 5.41) is 10.2. The number of nitrogens with zero attached hydrogens (tertiary/aromatic N) is 3. The van der Waals surface area contributed by atoms with Crippen molar-refractivity contribution >= 4 is 6.03 Å². The second kappa shape index (κ2) is 9.38. The molecule has 6 heteroatoms. The smallest absolute Gasteiger partial charge is 0.315 e. The molecular weight excluding hydrogens is 326 g/mol. The molecule has 0 saturated carbocycles. The zero-order valence-corrected chi connectivity index (χ0v) is 15.5. The number of rotatable bonds is 7. The first-order chi connectivity index (χ1) is 12.7. The minimum Gasteiger partial charge on any atom is -0.337 e. The van der Waals surface area contributed by atoms with Gasteiger partial charge in [-0.1, -0.05) is 37.3 Å². The summed E-state index contributed by atoms with van der Waals surface area (Å²) in [6.07, 6.45) is 6.36. The molecule has 1 atom stereocenters. The second-order valence-corrected chi connectivity index (χ2v) is 7.19. The van der Waals surface area contributed by atoms with Gasteiger partial charge in [0.1, 0.15) is 0 Å². The Kier molecular flexibility index (Phi) is 6.66. The van der Waals surface area contributed by atoms with Gasteiger partial charge in [0, 0.05) is 37.9 Å². The minimum absolute atomic E-state index is 0.120. The number of carbonyl (C=O) groups excluding carboxylic acids is 1. The third-order valence-electron chi connectivity index (χ3n) is 4.78. The highest BCUT2D eigenvalue weighted by atomic mass is 16.2. The van der Waals surface area contributed by atoms with Crippen molar-refractivity contribution in [2.24, 2.45) is 5.92 Å². The van der Waals surface area contributed by atoms with Gasteiger partial charge >= 0.3 is 6.03 Å². The number of carbonyl (C=O) groups is 1. The normalized spacial score (nSPS) is 17.8. The summed E-state index contributed by atoms with van der Waals surface area (Å²) in [4.78, 5) is 14.4. The van der Waals surface area contributed by atoms with Gasteiger partial charge in [-0.2, -0.15) is 5.10 Å². The Morgan fingerprint density at radius 2 is 2.08 bits per heavy atom. The average Bonchev–Trinajstić information content (AvgIpc) is 3.08. The minimum atomic E-state index is -0.120. The van der Waals surface area contributed by atoms with Crippen LogP contribution in [0.3, 0.4) is 0 Å². The monoisotopic (exact) mass is 355 g/mol. The molecule has 0 aliphatic carbocycles. The van der Waals surface area contributed by atoms with E-state index in [1.54, 1.807) is 6.20 Å². The Hall–Kier alpha value is -2.34. The van der Waals surface area contributed by atoms with Crippen LogP contribution < -0.4 is 10.6 Å². The fourth-order valence-corrected chi connectivity index (χ4v) is 3.42. The van der Waals surface area contributed by atoms with Crippen LogP contribution in [0.4, 0.5) is 4.79 Å². The Morgan fingerprint density at radius 3 is 2.88 bits per heavy atom. The number of hydrogen-bond donors (Lipinski definition) is 2. The topological polar surface area (TPSA) is 62.2 Å². The van der Waals surface area contributed by atoms with E-state index < -0.39 is 0 Å². The van der Waals surface area contributed by atoms with E-state index in [4.69, 9.17) is 0 Å². The first-order valence-electron chi connectivity index (χ1n) is 9.48. The Balaban J connectivity index is 1.34. The predicted molar refractivity (Wildman–Crippen MR) is 103 cm³/mol. The summed E-state index contributed by atoms with van der Waals surface area (Å²) in [6, 6.07) is 10.1. The van der Waals surface area contributed by atoms with Crippen molar-refractivity contribution in [2.45, 2.75) is 32.9 Å². The summed E-state index contributed by atoms with van der Waals surface area (Å²) >= 11 is 0. The van der Waals surface area contributed by atoms with E-state index in [0.717, 1.165) is 37.7 Å². The fourth-order valence-electron chi connectivity index (χ4n) is 3.42. The van der Waals surface area contributed by atoms with E-state index in [1.165, 1.54) is 18.4 Å². The second-order valence-electron chi connectivity index (χ2n) is 7.19. The number of likely N-dealkylation sites (tertiary alicyclic amines) is 1. The maximum Gasteiger partial charge on any atom is 0.315 e. The summed E-state index contributed by atoms with van der Waals surface area (Å²) in [6.45, 7) is 7.42. The lowest BCUT2D eigenvalue weighted by Crippen LogP contribution is -2.42. The number of urea groups is 1. The van der Waals surface area contributed by atoms with Gasteiger partial charge in [0.15, 0.2) is 0 Å². The van der Waals surface area contributed by atoms with Crippen LogP contribution in [-0.4, -0.2) is 46.9 Å². The standard InChI is InChI=1S/C20H29N5O/c1-17-6-5-10-24(14-17)11-9-21-20(26)22-12-19-13-23-25(16-19)15-18-7-3-2-4-8-18/h2-4,7-8,13,16-17H,5-6,9-12,14-15H2,1H3,(H2,21,22,26). The lowest BCUT2D eigenvalue weighted by Gasteiger charge is -2.30. The van der Waals surface area contributed by atoms with Crippen LogP contribution in [0.5, 0.6) is 0 Å². The molecule has 0 spiro atoms. The number of piperidine rings is 1. The fraction of sp³-hybridized carbons (Fsp3) is 0.500. The molecule has 1 aliphatic rings. The number of nitrogens with one attached hydrogen (secondary N) is 2. The average molecular weight is 355 g/mol. The van der Waals surface area contributed by atoms with Gasteiger partial charge in [-0.05, 0) is 30.9 Å². The number of benzene rings is 1. The van der Waals surface area contributed by atoms with Crippen molar-refractivity contribution in [3.8, 4) is 0 Å². The van der Waals surface area contributed by atoms with E-state index in [1.807, 2.05) is 29.1 Å². The quantitative estimate of drug-likeness (QED) is 0.802. The van der Waals surface area contributed by atoms with Crippen LogP contribution in [0, 0.1) is 5.92 Å². The zero-order chi connectivity index (χ0) is 18.2. The van der Waals surface area contributed by atoms with Crippen LogP contribution in [0.15, 0.2) is 42.7 Å². The van der Waals surface area contributed by atoms with Crippen LogP contribution in [-0.2, 0) is 13.1 Å². The molecule has 1 aromatic carbocycles. The molecular formula is C20H29N5O. The SMILES string of the molecule is CC1CCCN(CCNC(=O)NCc2cnn(Cc3ccccc3)c2)C1. The number of hydrogen-bond acceptors (Lipinski definition) is 3. The van der Waals surface area contributed by atoms with Crippen molar-refractivity contribution in [2.75, 3.05) is 26.2 Å². The first kappa shape index (κ1) is 18.5. The molecule has 1 fully saturated rings. The van der Waals surface area contributed by atoms with Crippen molar-refractivity contribution in [1.82, 2.24) is 25.3 Å². The molecule has 26 heavy (non-hydrogen) atoms. The van der Waals surface area contributed by atoms with Gasteiger partial charge in [0.2, 0.25) is 0 Å². The third kappa shape index (κ3) is 5.88. The van der Waals surface area contributed by atoms with Gasteiger partial charge in [-0.25, -0.2) is 4.79 Å². The Labute approximate surface area is 155 Å². The molecule has 140 valence electrons. The Bertz CT molecular complexity index is 685. The van der Waals surface area contributed by atoms with Crippen LogP contribution in [0.1, 0.15) is 30.9 Å². The van der Waals surface area contributed by atoms with E-state index in [0.29, 0.717) is 13.1 Å². The predicted octanol–water partition coefficient (Wildman–Crippen LogP) is 2.46. The third-order valence-corrected chi connectivity index (χ3v) is 4.78. The van der Waals surface area contributed by atoms with E-state index in [-0.39, 0.29) is 6.03 Å². The molecule has 2 heterocycles. The molecule has 2 amide bonds. The zero-order valence-electron chi connectivity index (χ0n) is 15.5. The van der Waals surface area contributed by atoms with E-state index >= 15 is 0 Å². The van der Waals surface area contributed by atoms with Gasteiger partial charge in [0.25, 0.3) is 0 Å². The molecule has 2 N–H and O–H groups in total. The van der Waals surface area contributed by atoms with Gasteiger partial charge in [-0.3, -0.25) is 4.68 Å². The maximum absolute atomic E-state index is 12.0. The lowest BCUT2D eigenvalue weighted by molar-refractivity contribution is 0.184. The number of amides is 2. The summed E-state index contributed by atoms with van der Waals surface area (Å²) in [7, 11) is 0. The summed E-state index contributed by atoms with van der Waals surface area (Å²) in [5.41, 5.74) is 2.21. The lowest BCUT2D eigenvalue weighted by atomic mass is 10.0. The maximum atomic E-state index is 12.0. The van der Waals surface area contributed by atoms with Crippen molar-refractivity contribution in [3.63, 3.8) is 0 Å². The van der Waals surface area contributed by atoms with E-state index in [2.05, 4.69) is 39.7 Å². The van der Waals surface area contributed by atoms with Crippen molar-refractivity contribution in [3.05, 3.63) is 53.9 Å². The molecule has 0 bridgehead atoms. The molecule has 3 rings (SSSR count). The molecule has 2 aromatic rings. The highest BCUT2D eigenvalue weighted by molar-refractivity contribution is 5.73. The van der Waals surface area contributed by atoms with Crippen molar-refractivity contribution in [1.29, 1.82) is 0 Å². The van der Waals surface area contributed by atoms with Crippen LogP contribution >= 0.6 is 0 Å². The van der Waals surface area contributed by atoms with E-state index in [9.17, 15) is 4.79 Å². The summed E-state index contributed by atoms with van der Waals surface area (Å²) < 4.78 is 1.89. The largest absolute Gasteiger partial charge is 0.337 e. The number of aromatic nitrogens is 2. The summed E-state index contributed by atoms with van der Waals surface area (Å²) in [5.74, 6) is 0.769. The Morgan fingerprint density at radius 1 is 1.23 bits per heavy atom. The molecule has 0 radical (unpaired) electrons. The molecule has 1 aromatic heterocycles. The van der Waals surface area contributed by atoms with Crippen molar-refractivity contribution < 1.29 is 4.79 Å². The molecule has 1 unspecified atom stereocenters.